The monoisotopic (exact) mass is 356 g/mol. The SMILES string of the molecule is Cc1ccc(OCC(=O)Nc2nc(-c3c[nH]c(C(N)=O)c3)cs2)cc1. The Hall–Kier alpha value is -3.13. The number of primary amides is 1. The zero-order valence-electron chi connectivity index (χ0n) is 13.4. The maximum atomic E-state index is 12.0. The number of ether oxygens (including phenoxy) is 1. The topological polar surface area (TPSA) is 110 Å². The number of amides is 2. The van der Waals surface area contributed by atoms with Gasteiger partial charge in [0.15, 0.2) is 11.7 Å². The minimum atomic E-state index is -0.539. The van der Waals surface area contributed by atoms with Gasteiger partial charge < -0.3 is 15.5 Å². The number of nitrogens with one attached hydrogen (secondary N) is 2. The molecule has 0 fully saturated rings. The predicted molar refractivity (Wildman–Crippen MR) is 95.7 cm³/mol. The van der Waals surface area contributed by atoms with Crippen molar-refractivity contribution in [2.75, 3.05) is 11.9 Å². The molecule has 1 aromatic carbocycles. The Balaban J connectivity index is 1.57. The number of thiazole rings is 1. The standard InChI is InChI=1S/C17H16N4O3S/c1-10-2-4-12(5-3-10)24-8-15(22)21-17-20-14(9-25-17)11-6-13(16(18)23)19-7-11/h2-7,9,19H,8H2,1H3,(H2,18,23)(H,20,21,22). The summed E-state index contributed by atoms with van der Waals surface area (Å²) in [6.45, 7) is 1.88. The van der Waals surface area contributed by atoms with Gasteiger partial charge in [0, 0.05) is 17.1 Å². The third-order valence-corrected chi connectivity index (χ3v) is 4.14. The zero-order valence-corrected chi connectivity index (χ0v) is 14.2. The van der Waals surface area contributed by atoms with E-state index in [9.17, 15) is 9.59 Å². The van der Waals surface area contributed by atoms with E-state index in [-0.39, 0.29) is 12.5 Å². The van der Waals surface area contributed by atoms with Crippen LogP contribution in [0.5, 0.6) is 5.75 Å². The molecule has 25 heavy (non-hydrogen) atoms. The molecule has 0 aliphatic heterocycles. The molecular formula is C17H16N4O3S. The molecule has 0 spiro atoms. The lowest BCUT2D eigenvalue weighted by atomic mass is 10.2. The number of hydrogen-bond acceptors (Lipinski definition) is 5. The lowest BCUT2D eigenvalue weighted by molar-refractivity contribution is -0.118. The van der Waals surface area contributed by atoms with E-state index >= 15 is 0 Å². The number of H-pyrrole nitrogens is 1. The lowest BCUT2D eigenvalue weighted by Gasteiger charge is -2.05. The molecule has 3 rings (SSSR count). The Morgan fingerprint density at radius 2 is 2.08 bits per heavy atom. The Bertz CT molecular complexity index is 899. The minimum Gasteiger partial charge on any atom is -0.484 e. The normalized spacial score (nSPS) is 10.4. The van der Waals surface area contributed by atoms with Gasteiger partial charge in [0.1, 0.15) is 11.4 Å². The number of aryl methyl sites for hydroxylation is 1. The van der Waals surface area contributed by atoms with E-state index < -0.39 is 5.91 Å². The first kappa shape index (κ1) is 16.7. The number of anilines is 1. The van der Waals surface area contributed by atoms with E-state index in [4.69, 9.17) is 10.5 Å². The highest BCUT2D eigenvalue weighted by molar-refractivity contribution is 7.14. The van der Waals surface area contributed by atoms with Crippen LogP contribution >= 0.6 is 11.3 Å². The minimum absolute atomic E-state index is 0.103. The fraction of sp³-hybridized carbons (Fsp3) is 0.118. The van der Waals surface area contributed by atoms with Crippen molar-refractivity contribution in [3.8, 4) is 17.0 Å². The zero-order chi connectivity index (χ0) is 17.8. The van der Waals surface area contributed by atoms with Crippen molar-refractivity contribution in [2.45, 2.75) is 6.92 Å². The number of carbonyl (C=O) groups is 2. The van der Waals surface area contributed by atoms with Crippen molar-refractivity contribution >= 4 is 28.3 Å². The van der Waals surface area contributed by atoms with Crippen LogP contribution in [-0.4, -0.2) is 28.4 Å². The Morgan fingerprint density at radius 3 is 2.76 bits per heavy atom. The van der Waals surface area contributed by atoms with E-state index in [1.165, 1.54) is 11.3 Å². The first-order valence-electron chi connectivity index (χ1n) is 7.45. The van der Waals surface area contributed by atoms with Crippen molar-refractivity contribution < 1.29 is 14.3 Å². The molecule has 0 unspecified atom stereocenters. The summed E-state index contributed by atoms with van der Waals surface area (Å²) in [6.07, 6.45) is 1.64. The molecule has 3 aromatic rings. The second kappa shape index (κ2) is 7.18. The Morgan fingerprint density at radius 1 is 1.32 bits per heavy atom. The van der Waals surface area contributed by atoms with E-state index in [0.29, 0.717) is 22.3 Å². The summed E-state index contributed by atoms with van der Waals surface area (Å²) in [6, 6.07) is 9.07. The molecule has 0 radical (unpaired) electrons. The number of carbonyl (C=O) groups excluding carboxylic acids is 2. The summed E-state index contributed by atoms with van der Waals surface area (Å²) in [7, 11) is 0. The number of nitrogens with two attached hydrogens (primary N) is 1. The molecule has 0 saturated heterocycles. The van der Waals surface area contributed by atoms with Gasteiger partial charge >= 0.3 is 0 Å². The number of aromatic nitrogens is 2. The molecular weight excluding hydrogens is 340 g/mol. The largest absolute Gasteiger partial charge is 0.484 e. The predicted octanol–water partition coefficient (Wildman–Crippen LogP) is 2.56. The molecule has 0 bridgehead atoms. The smallest absolute Gasteiger partial charge is 0.265 e. The molecule has 0 aliphatic carbocycles. The van der Waals surface area contributed by atoms with Crippen LogP contribution in [0.3, 0.4) is 0 Å². The highest BCUT2D eigenvalue weighted by Crippen LogP contribution is 2.25. The van der Waals surface area contributed by atoms with Gasteiger partial charge in [-0.1, -0.05) is 17.7 Å². The van der Waals surface area contributed by atoms with Crippen LogP contribution in [0.15, 0.2) is 41.9 Å². The summed E-state index contributed by atoms with van der Waals surface area (Å²) in [5, 5.41) is 4.92. The second-order valence-electron chi connectivity index (χ2n) is 5.35. The summed E-state index contributed by atoms with van der Waals surface area (Å²) in [5.74, 6) is -0.205. The van der Waals surface area contributed by atoms with Crippen molar-refractivity contribution in [3.05, 3.63) is 53.2 Å². The average molecular weight is 356 g/mol. The van der Waals surface area contributed by atoms with Crippen LogP contribution in [0, 0.1) is 6.92 Å². The number of aromatic amines is 1. The van der Waals surface area contributed by atoms with Crippen molar-refractivity contribution in [1.82, 2.24) is 9.97 Å². The highest BCUT2D eigenvalue weighted by Gasteiger charge is 2.11. The first-order chi connectivity index (χ1) is 12.0. The third-order valence-electron chi connectivity index (χ3n) is 3.39. The Labute approximate surface area is 147 Å². The summed E-state index contributed by atoms with van der Waals surface area (Å²) < 4.78 is 5.42. The summed E-state index contributed by atoms with van der Waals surface area (Å²) in [4.78, 5) is 30.2. The van der Waals surface area contributed by atoms with Gasteiger partial charge in [0.05, 0.1) is 5.69 Å². The molecule has 0 aliphatic rings. The fourth-order valence-electron chi connectivity index (χ4n) is 2.09. The van der Waals surface area contributed by atoms with Crippen LogP contribution in [0.4, 0.5) is 5.13 Å². The molecule has 128 valence electrons. The van der Waals surface area contributed by atoms with Gasteiger partial charge in [0.2, 0.25) is 0 Å². The van der Waals surface area contributed by atoms with Gasteiger partial charge in [-0.25, -0.2) is 4.98 Å². The van der Waals surface area contributed by atoms with Crippen LogP contribution in [0.25, 0.3) is 11.3 Å². The molecule has 8 heteroatoms. The van der Waals surface area contributed by atoms with Gasteiger partial charge in [-0.15, -0.1) is 11.3 Å². The molecule has 0 saturated carbocycles. The van der Waals surface area contributed by atoms with Gasteiger partial charge in [-0.05, 0) is 25.1 Å². The molecule has 4 N–H and O–H groups in total. The van der Waals surface area contributed by atoms with E-state index in [1.807, 2.05) is 31.2 Å². The van der Waals surface area contributed by atoms with Crippen molar-refractivity contribution in [1.29, 1.82) is 0 Å². The number of benzene rings is 1. The molecule has 2 heterocycles. The van der Waals surface area contributed by atoms with Crippen LogP contribution < -0.4 is 15.8 Å². The van der Waals surface area contributed by atoms with Gasteiger partial charge in [-0.3, -0.25) is 14.9 Å². The summed E-state index contributed by atoms with van der Waals surface area (Å²) >= 11 is 1.29. The molecule has 7 nitrogen and oxygen atoms in total. The molecule has 2 aromatic heterocycles. The van der Waals surface area contributed by atoms with E-state index in [2.05, 4.69) is 15.3 Å². The highest BCUT2D eigenvalue weighted by atomic mass is 32.1. The quantitative estimate of drug-likeness (QED) is 0.630. The molecule has 2 amide bonds. The van der Waals surface area contributed by atoms with Crippen molar-refractivity contribution in [2.24, 2.45) is 5.73 Å². The second-order valence-corrected chi connectivity index (χ2v) is 6.21. The maximum Gasteiger partial charge on any atom is 0.265 e. The van der Waals surface area contributed by atoms with Crippen LogP contribution in [0.2, 0.25) is 0 Å². The average Bonchev–Trinajstić information content (AvgIpc) is 3.23. The lowest BCUT2D eigenvalue weighted by Crippen LogP contribution is -2.20. The number of hydrogen-bond donors (Lipinski definition) is 3. The number of rotatable bonds is 6. The third kappa shape index (κ3) is 4.24. The van der Waals surface area contributed by atoms with Crippen LogP contribution in [0.1, 0.15) is 16.1 Å². The number of nitrogens with zero attached hydrogens (tertiary/aromatic N) is 1. The van der Waals surface area contributed by atoms with Crippen LogP contribution in [-0.2, 0) is 4.79 Å². The van der Waals surface area contributed by atoms with E-state index in [0.717, 1.165) is 11.1 Å². The maximum absolute atomic E-state index is 12.0. The van der Waals surface area contributed by atoms with Gasteiger partial charge in [0.25, 0.3) is 11.8 Å². The summed E-state index contributed by atoms with van der Waals surface area (Å²) in [5.41, 5.74) is 8.00. The van der Waals surface area contributed by atoms with Gasteiger partial charge in [-0.2, -0.15) is 0 Å². The Kier molecular flexibility index (Phi) is 4.80. The fourth-order valence-corrected chi connectivity index (χ4v) is 2.82. The molecule has 0 atom stereocenters. The van der Waals surface area contributed by atoms with Crippen molar-refractivity contribution in [3.63, 3.8) is 0 Å². The van der Waals surface area contributed by atoms with E-state index in [1.54, 1.807) is 17.6 Å². The first-order valence-corrected chi connectivity index (χ1v) is 8.32.